The summed E-state index contributed by atoms with van der Waals surface area (Å²) in [5.74, 6) is 0. The number of amides is 1. The van der Waals surface area contributed by atoms with E-state index in [0.29, 0.717) is 6.29 Å². The van der Waals surface area contributed by atoms with E-state index in [0.717, 1.165) is 14.2 Å². The van der Waals surface area contributed by atoms with E-state index in [2.05, 4.69) is 21.2 Å². The van der Waals surface area contributed by atoms with Crippen molar-refractivity contribution in [3.63, 3.8) is 0 Å². The number of alkyl carbamates (subject to hydrolysis) is 1. The minimum absolute atomic E-state index is 0.601. The summed E-state index contributed by atoms with van der Waals surface area (Å²) in [6, 6.07) is 1.92. The monoisotopic (exact) mass is 347 g/mol. The number of aldehydes is 1. The molecule has 4 nitrogen and oxygen atoms in total. The maximum absolute atomic E-state index is 11.8. The van der Waals surface area contributed by atoms with Crippen LogP contribution in [-0.2, 0) is 15.1 Å². The van der Waals surface area contributed by atoms with E-state index in [1.807, 2.05) is 13.0 Å². The van der Waals surface area contributed by atoms with Crippen molar-refractivity contribution >= 4 is 39.6 Å². The lowest BCUT2D eigenvalue weighted by Gasteiger charge is -2.27. The zero-order valence-corrected chi connectivity index (χ0v) is 14.1. The molecule has 1 amide bonds. The van der Waals surface area contributed by atoms with Crippen LogP contribution in [-0.4, -0.2) is 18.0 Å². The molecule has 1 atom stereocenters. The van der Waals surface area contributed by atoms with Crippen molar-refractivity contribution in [3.8, 4) is 0 Å². The predicted octanol–water partition coefficient (Wildman–Crippen LogP) is 3.76. The molecule has 0 aliphatic rings. The molecule has 0 spiro atoms. The Hall–Kier alpha value is -0.880. The van der Waals surface area contributed by atoms with Gasteiger partial charge in [0.2, 0.25) is 0 Å². The van der Waals surface area contributed by atoms with Crippen LogP contribution in [0.15, 0.2) is 10.5 Å². The first-order chi connectivity index (χ1) is 8.57. The lowest BCUT2D eigenvalue weighted by atomic mass is 10.0. The van der Waals surface area contributed by atoms with Crippen LogP contribution in [0.4, 0.5) is 4.79 Å². The third-order valence-corrected chi connectivity index (χ3v) is 4.45. The third kappa shape index (κ3) is 4.31. The van der Waals surface area contributed by atoms with Crippen molar-refractivity contribution < 1.29 is 14.3 Å². The van der Waals surface area contributed by atoms with Gasteiger partial charge in [0.05, 0.1) is 4.88 Å². The Balaban J connectivity index is 2.96. The third-order valence-electron chi connectivity index (χ3n) is 2.28. The quantitative estimate of drug-likeness (QED) is 0.847. The zero-order chi connectivity index (χ0) is 14.8. The topological polar surface area (TPSA) is 55.4 Å². The minimum atomic E-state index is -1.10. The van der Waals surface area contributed by atoms with Gasteiger partial charge in [0, 0.05) is 9.35 Å². The smallest absolute Gasteiger partial charge is 0.408 e. The molecule has 0 fully saturated rings. The van der Waals surface area contributed by atoms with Gasteiger partial charge in [-0.15, -0.1) is 11.3 Å². The van der Waals surface area contributed by atoms with Crippen molar-refractivity contribution in [2.24, 2.45) is 0 Å². The largest absolute Gasteiger partial charge is 0.444 e. The molecular weight excluding hydrogens is 330 g/mol. The van der Waals surface area contributed by atoms with Crippen LogP contribution in [0.2, 0.25) is 0 Å². The summed E-state index contributed by atoms with van der Waals surface area (Å²) in [6.45, 7) is 8.92. The van der Waals surface area contributed by atoms with Crippen LogP contribution < -0.4 is 5.32 Å². The van der Waals surface area contributed by atoms with Crippen LogP contribution in [0, 0.1) is 6.92 Å². The fourth-order valence-corrected chi connectivity index (χ4v) is 3.61. The van der Waals surface area contributed by atoms with Gasteiger partial charge < -0.3 is 14.8 Å². The van der Waals surface area contributed by atoms with Crippen molar-refractivity contribution in [1.29, 1.82) is 0 Å². The number of rotatable bonds is 3. The lowest BCUT2D eigenvalue weighted by Crippen LogP contribution is -2.46. The van der Waals surface area contributed by atoms with Crippen molar-refractivity contribution in [3.05, 3.63) is 20.3 Å². The van der Waals surface area contributed by atoms with E-state index in [1.54, 1.807) is 27.7 Å². The SMILES string of the molecule is Cc1cc(Br)c(C(C)(C=O)NC(=O)OC(C)(C)C)s1. The molecule has 6 heteroatoms. The number of hydrogen-bond acceptors (Lipinski definition) is 4. The molecule has 0 saturated heterocycles. The number of carbonyl (C=O) groups is 2. The Labute approximate surface area is 125 Å². The molecule has 1 aromatic rings. The number of carbonyl (C=O) groups excluding carboxylic acids is 2. The van der Waals surface area contributed by atoms with E-state index < -0.39 is 17.2 Å². The first-order valence-corrected chi connectivity index (χ1v) is 7.42. The molecule has 1 aromatic heterocycles. The highest BCUT2D eigenvalue weighted by Crippen LogP contribution is 2.35. The Bertz CT molecular complexity index is 493. The summed E-state index contributed by atoms with van der Waals surface area (Å²) < 4.78 is 5.99. The molecule has 0 aliphatic carbocycles. The van der Waals surface area contributed by atoms with Gasteiger partial charge in [-0.3, -0.25) is 0 Å². The average Bonchev–Trinajstić information content (AvgIpc) is 2.55. The molecule has 0 bridgehead atoms. The Morgan fingerprint density at radius 3 is 2.37 bits per heavy atom. The summed E-state index contributed by atoms with van der Waals surface area (Å²) in [5.41, 5.74) is -1.70. The van der Waals surface area contributed by atoms with Crippen LogP contribution in [0.25, 0.3) is 0 Å². The van der Waals surface area contributed by atoms with E-state index in [4.69, 9.17) is 4.74 Å². The molecule has 1 unspecified atom stereocenters. The summed E-state index contributed by atoms with van der Waals surface area (Å²) >= 11 is 4.86. The van der Waals surface area contributed by atoms with Gasteiger partial charge in [0.15, 0.2) is 6.29 Å². The fourth-order valence-electron chi connectivity index (χ4n) is 1.49. The maximum Gasteiger partial charge on any atom is 0.408 e. The summed E-state index contributed by atoms with van der Waals surface area (Å²) in [7, 11) is 0. The van der Waals surface area contributed by atoms with Crippen molar-refractivity contribution in [1.82, 2.24) is 5.32 Å². The van der Waals surface area contributed by atoms with Gasteiger partial charge in [-0.1, -0.05) is 0 Å². The number of nitrogens with one attached hydrogen (secondary N) is 1. The second-order valence-electron chi connectivity index (χ2n) is 5.48. The van der Waals surface area contributed by atoms with Gasteiger partial charge in [-0.2, -0.15) is 0 Å². The average molecular weight is 348 g/mol. The highest BCUT2D eigenvalue weighted by atomic mass is 79.9. The molecule has 1 N–H and O–H groups in total. The fraction of sp³-hybridized carbons (Fsp3) is 0.538. The summed E-state index contributed by atoms with van der Waals surface area (Å²) in [4.78, 5) is 25.0. The van der Waals surface area contributed by atoms with Crippen LogP contribution in [0.5, 0.6) is 0 Å². The van der Waals surface area contributed by atoms with Crippen molar-refractivity contribution in [2.75, 3.05) is 0 Å². The standard InChI is InChI=1S/C13H18BrNO3S/c1-8-6-9(14)10(19-8)13(5,7-16)15-11(17)18-12(2,3)4/h6-7H,1-5H3,(H,15,17). The molecule has 1 rings (SSSR count). The first-order valence-electron chi connectivity index (χ1n) is 5.81. The van der Waals surface area contributed by atoms with Gasteiger partial charge >= 0.3 is 6.09 Å². The van der Waals surface area contributed by atoms with Gasteiger partial charge in [-0.05, 0) is 56.6 Å². The normalized spacial score (nSPS) is 14.6. The molecule has 1 heterocycles. The molecule has 0 aliphatic heterocycles. The molecule has 19 heavy (non-hydrogen) atoms. The Kier molecular flexibility index (Phi) is 4.79. The van der Waals surface area contributed by atoms with Crippen LogP contribution >= 0.6 is 27.3 Å². The van der Waals surface area contributed by atoms with Crippen molar-refractivity contribution in [2.45, 2.75) is 45.8 Å². The first kappa shape index (κ1) is 16.2. The van der Waals surface area contributed by atoms with Crippen LogP contribution in [0.1, 0.15) is 37.4 Å². The second-order valence-corrected chi connectivity index (χ2v) is 7.59. The molecular formula is C13H18BrNO3S. The zero-order valence-electron chi connectivity index (χ0n) is 11.7. The highest BCUT2D eigenvalue weighted by molar-refractivity contribution is 9.10. The molecule has 0 aromatic carbocycles. The van der Waals surface area contributed by atoms with E-state index in [-0.39, 0.29) is 0 Å². The van der Waals surface area contributed by atoms with E-state index >= 15 is 0 Å². The number of ether oxygens (including phenoxy) is 1. The lowest BCUT2D eigenvalue weighted by molar-refractivity contribution is -0.113. The van der Waals surface area contributed by atoms with E-state index in [9.17, 15) is 9.59 Å². The minimum Gasteiger partial charge on any atom is -0.444 e. The number of thiophene rings is 1. The van der Waals surface area contributed by atoms with E-state index in [1.165, 1.54) is 11.3 Å². The molecule has 106 valence electrons. The van der Waals surface area contributed by atoms with Gasteiger partial charge in [-0.25, -0.2) is 4.79 Å². The number of hydrogen-bond donors (Lipinski definition) is 1. The Morgan fingerprint density at radius 2 is 2.00 bits per heavy atom. The molecule has 0 saturated carbocycles. The van der Waals surface area contributed by atoms with Crippen LogP contribution in [0.3, 0.4) is 0 Å². The predicted molar refractivity (Wildman–Crippen MR) is 79.5 cm³/mol. The Morgan fingerprint density at radius 1 is 1.42 bits per heavy atom. The summed E-state index contributed by atoms with van der Waals surface area (Å²) in [5, 5.41) is 2.62. The molecule has 0 radical (unpaired) electrons. The van der Waals surface area contributed by atoms with Gasteiger partial charge in [0.25, 0.3) is 0 Å². The highest BCUT2D eigenvalue weighted by Gasteiger charge is 2.33. The second kappa shape index (κ2) is 5.63. The maximum atomic E-state index is 11.8. The number of halogens is 1. The summed E-state index contributed by atoms with van der Waals surface area (Å²) in [6.07, 6.45) is 0.104. The number of aryl methyl sites for hydroxylation is 1. The van der Waals surface area contributed by atoms with Gasteiger partial charge in [0.1, 0.15) is 11.1 Å².